The van der Waals surface area contributed by atoms with E-state index in [4.69, 9.17) is 4.89 Å². The molecule has 0 radical (unpaired) electrons. The second-order valence-corrected chi connectivity index (χ2v) is 3.88. The van der Waals surface area contributed by atoms with Crippen molar-refractivity contribution in [1.82, 2.24) is 0 Å². The SMILES string of the molecule is CCCCCOP(=O)(O)OCC. The first-order chi connectivity index (χ1) is 5.62. The predicted octanol–water partition coefficient (Wildman–Crippen LogP) is 2.33. The summed E-state index contributed by atoms with van der Waals surface area (Å²) in [7, 11) is -3.73. The van der Waals surface area contributed by atoms with Crippen molar-refractivity contribution in [3.63, 3.8) is 0 Å². The summed E-state index contributed by atoms with van der Waals surface area (Å²) in [6.07, 6.45) is 2.87. The summed E-state index contributed by atoms with van der Waals surface area (Å²) in [5.74, 6) is 0. The van der Waals surface area contributed by atoms with Crippen LogP contribution in [0.4, 0.5) is 0 Å². The number of hydrogen-bond donors (Lipinski definition) is 1. The third kappa shape index (κ3) is 6.80. The monoisotopic (exact) mass is 196 g/mol. The van der Waals surface area contributed by atoms with Gasteiger partial charge in [-0.25, -0.2) is 4.57 Å². The van der Waals surface area contributed by atoms with Gasteiger partial charge in [0, 0.05) is 0 Å². The first-order valence-corrected chi connectivity index (χ1v) is 5.73. The Hall–Kier alpha value is 0.110. The molecule has 0 aromatic heterocycles. The maximum absolute atomic E-state index is 10.9. The van der Waals surface area contributed by atoms with E-state index in [0.29, 0.717) is 6.61 Å². The van der Waals surface area contributed by atoms with Crippen LogP contribution in [0.5, 0.6) is 0 Å². The van der Waals surface area contributed by atoms with Crippen molar-refractivity contribution in [2.75, 3.05) is 13.2 Å². The lowest BCUT2D eigenvalue weighted by atomic mass is 10.3. The minimum absolute atomic E-state index is 0.196. The van der Waals surface area contributed by atoms with Gasteiger partial charge in [0.25, 0.3) is 0 Å². The number of phosphoric ester groups is 1. The smallest absolute Gasteiger partial charge is 0.302 e. The van der Waals surface area contributed by atoms with Gasteiger partial charge in [0.05, 0.1) is 13.2 Å². The van der Waals surface area contributed by atoms with Crippen molar-refractivity contribution < 1.29 is 18.5 Å². The molecule has 0 spiro atoms. The van der Waals surface area contributed by atoms with Crippen LogP contribution >= 0.6 is 7.82 Å². The molecule has 0 aliphatic rings. The molecule has 12 heavy (non-hydrogen) atoms. The zero-order valence-corrected chi connectivity index (χ0v) is 8.55. The van der Waals surface area contributed by atoms with Gasteiger partial charge in [0.15, 0.2) is 0 Å². The molecule has 0 saturated carbocycles. The van der Waals surface area contributed by atoms with E-state index in [1.165, 1.54) is 0 Å². The number of unbranched alkanes of at least 4 members (excludes halogenated alkanes) is 2. The molecule has 0 aliphatic heterocycles. The van der Waals surface area contributed by atoms with Crippen LogP contribution in [0.3, 0.4) is 0 Å². The Morgan fingerprint density at radius 1 is 1.25 bits per heavy atom. The Morgan fingerprint density at radius 2 is 1.92 bits per heavy atom. The summed E-state index contributed by atoms with van der Waals surface area (Å²) in [5, 5.41) is 0. The van der Waals surface area contributed by atoms with E-state index in [2.05, 4.69) is 16.0 Å². The average Bonchev–Trinajstić information content (AvgIpc) is 1.98. The molecule has 74 valence electrons. The lowest BCUT2D eigenvalue weighted by Gasteiger charge is -2.09. The van der Waals surface area contributed by atoms with E-state index in [-0.39, 0.29) is 6.61 Å². The van der Waals surface area contributed by atoms with Gasteiger partial charge < -0.3 is 4.89 Å². The van der Waals surface area contributed by atoms with Crippen molar-refractivity contribution >= 4 is 7.82 Å². The molecule has 0 bridgehead atoms. The molecule has 0 heterocycles. The number of rotatable bonds is 7. The zero-order chi connectivity index (χ0) is 9.45. The van der Waals surface area contributed by atoms with E-state index in [1.807, 2.05) is 0 Å². The second-order valence-electron chi connectivity index (χ2n) is 2.43. The third-order valence-corrected chi connectivity index (χ3v) is 2.39. The lowest BCUT2D eigenvalue weighted by Crippen LogP contribution is -1.96. The maximum Gasteiger partial charge on any atom is 0.472 e. The molecular weight excluding hydrogens is 179 g/mol. The van der Waals surface area contributed by atoms with Crippen molar-refractivity contribution in [2.45, 2.75) is 33.1 Å². The van der Waals surface area contributed by atoms with Crippen LogP contribution < -0.4 is 0 Å². The van der Waals surface area contributed by atoms with Crippen LogP contribution in [-0.2, 0) is 13.6 Å². The standard InChI is InChI=1S/C7H17O4P/c1-3-5-6-7-11-12(8,9)10-4-2/h3-7H2,1-2H3,(H,8,9). The van der Waals surface area contributed by atoms with Gasteiger partial charge in [0.2, 0.25) is 0 Å². The lowest BCUT2D eigenvalue weighted by molar-refractivity contribution is 0.153. The first-order valence-electron chi connectivity index (χ1n) is 4.24. The van der Waals surface area contributed by atoms with Gasteiger partial charge in [0.1, 0.15) is 0 Å². The fourth-order valence-corrected chi connectivity index (χ4v) is 1.49. The van der Waals surface area contributed by atoms with E-state index in [9.17, 15) is 4.57 Å². The topological polar surface area (TPSA) is 55.8 Å². The molecule has 0 aliphatic carbocycles. The van der Waals surface area contributed by atoms with E-state index < -0.39 is 7.82 Å². The third-order valence-electron chi connectivity index (χ3n) is 1.29. The molecule has 1 N–H and O–H groups in total. The highest BCUT2D eigenvalue weighted by atomic mass is 31.2. The van der Waals surface area contributed by atoms with Crippen molar-refractivity contribution in [3.8, 4) is 0 Å². The zero-order valence-electron chi connectivity index (χ0n) is 7.65. The highest BCUT2D eigenvalue weighted by molar-refractivity contribution is 7.47. The van der Waals surface area contributed by atoms with Crippen LogP contribution in [0.25, 0.3) is 0 Å². The molecule has 1 unspecified atom stereocenters. The fraction of sp³-hybridized carbons (Fsp3) is 1.00. The van der Waals surface area contributed by atoms with Gasteiger partial charge in [-0.2, -0.15) is 0 Å². The Morgan fingerprint density at radius 3 is 2.42 bits per heavy atom. The molecule has 1 atom stereocenters. The fourth-order valence-electron chi connectivity index (χ4n) is 0.732. The summed E-state index contributed by atoms with van der Waals surface area (Å²) >= 11 is 0. The molecule has 0 amide bonds. The average molecular weight is 196 g/mol. The second kappa shape index (κ2) is 6.61. The van der Waals surface area contributed by atoms with Crippen LogP contribution in [-0.4, -0.2) is 18.1 Å². The Bertz CT molecular complexity index is 148. The summed E-state index contributed by atoms with van der Waals surface area (Å²) in [6.45, 7) is 4.20. The molecule has 5 heteroatoms. The Balaban J connectivity index is 3.41. The molecule has 4 nitrogen and oxygen atoms in total. The van der Waals surface area contributed by atoms with Gasteiger partial charge in [-0.3, -0.25) is 9.05 Å². The van der Waals surface area contributed by atoms with Crippen LogP contribution in [0.2, 0.25) is 0 Å². The largest absolute Gasteiger partial charge is 0.472 e. The molecule has 0 fully saturated rings. The summed E-state index contributed by atoms with van der Waals surface area (Å²) in [4.78, 5) is 8.92. The molecule has 0 aromatic rings. The van der Waals surface area contributed by atoms with Gasteiger partial charge in [-0.1, -0.05) is 19.8 Å². The summed E-state index contributed by atoms with van der Waals surface area (Å²) in [6, 6.07) is 0. The van der Waals surface area contributed by atoms with Gasteiger partial charge in [-0.15, -0.1) is 0 Å². The Labute approximate surface area is 73.5 Å². The molecule has 0 aromatic carbocycles. The first kappa shape index (κ1) is 12.1. The number of hydrogen-bond acceptors (Lipinski definition) is 3. The van der Waals surface area contributed by atoms with Crippen LogP contribution in [0.15, 0.2) is 0 Å². The number of phosphoric acid groups is 1. The summed E-state index contributed by atoms with van der Waals surface area (Å²) in [5.41, 5.74) is 0. The van der Waals surface area contributed by atoms with E-state index >= 15 is 0 Å². The van der Waals surface area contributed by atoms with Crippen LogP contribution in [0.1, 0.15) is 33.1 Å². The quantitative estimate of drug-likeness (QED) is 0.501. The Kier molecular flexibility index (Phi) is 6.67. The van der Waals surface area contributed by atoms with E-state index in [1.54, 1.807) is 6.92 Å². The maximum atomic E-state index is 10.9. The minimum atomic E-state index is -3.73. The minimum Gasteiger partial charge on any atom is -0.302 e. The normalized spacial score (nSPS) is 15.9. The van der Waals surface area contributed by atoms with E-state index in [0.717, 1.165) is 19.3 Å². The van der Waals surface area contributed by atoms with Crippen molar-refractivity contribution in [3.05, 3.63) is 0 Å². The molecule has 0 saturated heterocycles. The van der Waals surface area contributed by atoms with Gasteiger partial charge in [-0.05, 0) is 13.3 Å². The highest BCUT2D eigenvalue weighted by Crippen LogP contribution is 2.42. The predicted molar refractivity (Wildman–Crippen MR) is 46.9 cm³/mol. The van der Waals surface area contributed by atoms with Gasteiger partial charge >= 0.3 is 7.82 Å². The van der Waals surface area contributed by atoms with Crippen LogP contribution in [0, 0.1) is 0 Å². The van der Waals surface area contributed by atoms with Crippen molar-refractivity contribution in [2.24, 2.45) is 0 Å². The van der Waals surface area contributed by atoms with Crippen molar-refractivity contribution in [1.29, 1.82) is 0 Å². The summed E-state index contributed by atoms with van der Waals surface area (Å²) < 4.78 is 20.0. The molecular formula is C7H17O4P. The molecule has 0 rings (SSSR count). The highest BCUT2D eigenvalue weighted by Gasteiger charge is 2.18.